The molecule has 3 aromatic rings. The fourth-order valence-corrected chi connectivity index (χ4v) is 5.40. The Morgan fingerprint density at radius 3 is 2.53 bits per heavy atom. The lowest BCUT2D eigenvalue weighted by atomic mass is 9.79. The Morgan fingerprint density at radius 1 is 1.14 bits per heavy atom. The van der Waals surface area contributed by atoms with E-state index in [4.69, 9.17) is 15.5 Å². The number of nitrogens with two attached hydrogens (primary N) is 1. The molecule has 0 spiro atoms. The number of hydrogen-bond donors (Lipinski definition) is 2. The van der Waals surface area contributed by atoms with E-state index in [0.29, 0.717) is 29.7 Å². The summed E-state index contributed by atoms with van der Waals surface area (Å²) in [5.74, 6) is 1.22. The van der Waals surface area contributed by atoms with Gasteiger partial charge in [-0.3, -0.25) is 4.79 Å². The quantitative estimate of drug-likeness (QED) is 0.423. The highest BCUT2D eigenvalue weighted by molar-refractivity contribution is 7.80. The minimum atomic E-state index is -0.496. The number of thiol groups is 1. The summed E-state index contributed by atoms with van der Waals surface area (Å²) in [5.41, 5.74) is 7.18. The molecule has 1 aliphatic heterocycles. The maximum atomic E-state index is 12.4. The topological polar surface area (TPSA) is 86.3 Å². The van der Waals surface area contributed by atoms with E-state index in [1.807, 2.05) is 24.4 Å². The molecule has 4 rings (SSSR count). The van der Waals surface area contributed by atoms with Crippen molar-refractivity contribution in [1.82, 2.24) is 14.8 Å². The molecular formula is C28H37N5O2S. The molecule has 2 aromatic heterocycles. The van der Waals surface area contributed by atoms with Crippen LogP contribution >= 0.6 is 12.6 Å². The lowest BCUT2D eigenvalue weighted by molar-refractivity contribution is 0.100. The minimum absolute atomic E-state index is 0.0276. The van der Waals surface area contributed by atoms with Crippen molar-refractivity contribution in [3.8, 4) is 11.7 Å². The van der Waals surface area contributed by atoms with Crippen molar-refractivity contribution in [3.05, 3.63) is 59.8 Å². The van der Waals surface area contributed by atoms with Gasteiger partial charge in [0.25, 0.3) is 5.91 Å². The maximum absolute atomic E-state index is 12.4. The fourth-order valence-electron chi connectivity index (χ4n) is 5.16. The van der Waals surface area contributed by atoms with Gasteiger partial charge in [0.2, 0.25) is 5.88 Å². The Morgan fingerprint density at radius 2 is 1.86 bits per heavy atom. The molecule has 1 atom stereocenters. The number of carbonyl (C=O) groups excluding carboxylic acids is 1. The van der Waals surface area contributed by atoms with Crippen molar-refractivity contribution in [2.45, 2.75) is 64.8 Å². The molecule has 1 aromatic carbocycles. The molecule has 1 fully saturated rings. The molecule has 2 N–H and O–H groups in total. The summed E-state index contributed by atoms with van der Waals surface area (Å²) in [4.78, 5) is 20.5. The summed E-state index contributed by atoms with van der Waals surface area (Å²) in [6.07, 6.45) is 3.63. The van der Waals surface area contributed by atoms with Gasteiger partial charge in [-0.2, -0.15) is 0 Å². The van der Waals surface area contributed by atoms with E-state index in [1.165, 1.54) is 5.56 Å². The zero-order valence-electron chi connectivity index (χ0n) is 22.1. The number of pyridine rings is 1. The molecule has 1 amide bonds. The Balaban J connectivity index is 1.66. The van der Waals surface area contributed by atoms with Crippen LogP contribution in [-0.2, 0) is 6.42 Å². The number of anilines is 1. The number of aromatic nitrogens is 3. The minimum Gasteiger partial charge on any atom is -0.476 e. The summed E-state index contributed by atoms with van der Waals surface area (Å²) in [7, 11) is 0. The first-order chi connectivity index (χ1) is 16.8. The molecule has 36 heavy (non-hydrogen) atoms. The highest BCUT2D eigenvalue weighted by atomic mass is 32.1. The van der Waals surface area contributed by atoms with Crippen molar-refractivity contribution in [1.29, 1.82) is 0 Å². The van der Waals surface area contributed by atoms with Crippen LogP contribution in [0.3, 0.4) is 0 Å². The SMILES string of the molecule is CC(C)(C)COc1ccn(-c2ccc(C(N)=O)c(N3C[C@@](C)(Cc4ccccc4S)CC3(C)C)n2)n1. The average Bonchev–Trinajstić information content (AvgIpc) is 3.34. The first kappa shape index (κ1) is 26.1. The zero-order valence-corrected chi connectivity index (χ0v) is 23.0. The molecule has 0 unspecified atom stereocenters. The smallest absolute Gasteiger partial charge is 0.252 e. The monoisotopic (exact) mass is 507 g/mol. The van der Waals surface area contributed by atoms with E-state index in [0.717, 1.165) is 24.3 Å². The highest BCUT2D eigenvalue weighted by Crippen LogP contribution is 2.46. The summed E-state index contributed by atoms with van der Waals surface area (Å²) >= 11 is 4.67. The Kier molecular flexibility index (Phi) is 6.86. The molecule has 3 heterocycles. The van der Waals surface area contributed by atoms with Crippen LogP contribution in [0.5, 0.6) is 5.88 Å². The molecule has 192 valence electrons. The van der Waals surface area contributed by atoms with Gasteiger partial charge < -0.3 is 15.4 Å². The fraction of sp³-hybridized carbons (Fsp3) is 0.464. The zero-order chi connectivity index (χ0) is 26.3. The van der Waals surface area contributed by atoms with Gasteiger partial charge in [0.15, 0.2) is 5.82 Å². The second kappa shape index (κ2) is 9.47. The van der Waals surface area contributed by atoms with E-state index < -0.39 is 5.91 Å². The van der Waals surface area contributed by atoms with Crippen LogP contribution in [0.1, 0.15) is 63.9 Å². The van der Waals surface area contributed by atoms with Gasteiger partial charge in [-0.15, -0.1) is 17.7 Å². The van der Waals surface area contributed by atoms with Gasteiger partial charge in [0.1, 0.15) is 5.82 Å². The van der Waals surface area contributed by atoms with Crippen molar-refractivity contribution in [2.24, 2.45) is 16.6 Å². The Labute approximate surface area is 219 Å². The van der Waals surface area contributed by atoms with Gasteiger partial charge in [0.05, 0.1) is 12.2 Å². The van der Waals surface area contributed by atoms with E-state index in [2.05, 4.69) is 76.3 Å². The summed E-state index contributed by atoms with van der Waals surface area (Å²) in [5, 5.41) is 4.55. The summed E-state index contributed by atoms with van der Waals surface area (Å²) in [6, 6.07) is 13.5. The molecule has 1 aliphatic rings. The van der Waals surface area contributed by atoms with Crippen LogP contribution in [-0.4, -0.2) is 39.4 Å². The normalized spacial score (nSPS) is 19.5. The molecule has 1 saturated heterocycles. The van der Waals surface area contributed by atoms with Crippen LogP contribution in [0.15, 0.2) is 53.6 Å². The Bertz CT molecular complexity index is 1260. The Hall–Kier alpha value is -3.00. The third kappa shape index (κ3) is 5.69. The van der Waals surface area contributed by atoms with Crippen molar-refractivity contribution < 1.29 is 9.53 Å². The molecule has 0 saturated carbocycles. The van der Waals surface area contributed by atoms with E-state index in [-0.39, 0.29) is 16.4 Å². The first-order valence-corrected chi connectivity index (χ1v) is 12.8. The number of carbonyl (C=O) groups is 1. The highest BCUT2D eigenvalue weighted by Gasteiger charge is 2.47. The number of primary amides is 1. The first-order valence-electron chi connectivity index (χ1n) is 12.3. The third-order valence-corrected chi connectivity index (χ3v) is 7.01. The molecule has 8 heteroatoms. The molecule has 0 radical (unpaired) electrons. The number of benzene rings is 1. The van der Waals surface area contributed by atoms with Crippen molar-refractivity contribution in [2.75, 3.05) is 18.1 Å². The van der Waals surface area contributed by atoms with Crippen molar-refractivity contribution >= 4 is 24.4 Å². The second-order valence-corrected chi connectivity index (χ2v) is 12.5. The van der Waals surface area contributed by atoms with Gasteiger partial charge in [0, 0.05) is 29.2 Å². The average molecular weight is 508 g/mol. The molecular weight excluding hydrogens is 470 g/mol. The summed E-state index contributed by atoms with van der Waals surface area (Å²) < 4.78 is 7.51. The van der Waals surface area contributed by atoms with Gasteiger partial charge in [-0.25, -0.2) is 9.67 Å². The van der Waals surface area contributed by atoms with E-state index in [1.54, 1.807) is 16.8 Å². The van der Waals surface area contributed by atoms with Crippen molar-refractivity contribution in [3.63, 3.8) is 0 Å². The largest absolute Gasteiger partial charge is 0.476 e. The van der Waals surface area contributed by atoms with Crippen LogP contribution in [0.4, 0.5) is 5.82 Å². The summed E-state index contributed by atoms with van der Waals surface area (Å²) in [6.45, 7) is 14.3. The third-order valence-electron chi connectivity index (χ3n) is 6.57. The van der Waals surface area contributed by atoms with Crippen LogP contribution in [0.2, 0.25) is 0 Å². The second-order valence-electron chi connectivity index (χ2n) is 12.0. The predicted molar refractivity (Wildman–Crippen MR) is 146 cm³/mol. The predicted octanol–water partition coefficient (Wildman–Crippen LogP) is 5.32. The molecule has 0 aliphatic carbocycles. The van der Waals surface area contributed by atoms with Gasteiger partial charge in [-0.1, -0.05) is 45.9 Å². The number of rotatable bonds is 7. The number of ether oxygens (including phenoxy) is 1. The molecule has 0 bridgehead atoms. The van der Waals surface area contributed by atoms with Crippen LogP contribution in [0, 0.1) is 10.8 Å². The van der Waals surface area contributed by atoms with Crippen LogP contribution < -0.4 is 15.4 Å². The van der Waals surface area contributed by atoms with Gasteiger partial charge >= 0.3 is 0 Å². The standard InChI is InChI=1S/C28H37N5O2S/c1-26(2,3)18-35-23-13-14-33(31-23)22-12-11-20(24(29)34)25(30-22)32-17-28(6,16-27(32,4)5)15-19-9-7-8-10-21(19)36/h7-14,36H,15-18H2,1-6H3,(H2,29,34)/t28-/m0/s1. The van der Waals surface area contributed by atoms with Crippen LogP contribution in [0.25, 0.3) is 5.82 Å². The maximum Gasteiger partial charge on any atom is 0.252 e. The van der Waals surface area contributed by atoms with E-state index >= 15 is 0 Å². The van der Waals surface area contributed by atoms with Gasteiger partial charge in [-0.05, 0) is 61.3 Å². The molecule has 7 nitrogen and oxygen atoms in total. The lowest BCUT2D eigenvalue weighted by Crippen LogP contribution is -2.40. The lowest BCUT2D eigenvalue weighted by Gasteiger charge is -2.33. The van der Waals surface area contributed by atoms with E-state index in [9.17, 15) is 4.79 Å². The number of amides is 1. The number of hydrogen-bond acceptors (Lipinski definition) is 6. The number of nitrogens with zero attached hydrogens (tertiary/aromatic N) is 4.